The van der Waals surface area contributed by atoms with Crippen molar-refractivity contribution in [1.29, 1.82) is 0 Å². The van der Waals surface area contributed by atoms with Gasteiger partial charge in [-0.2, -0.15) is 11.8 Å². The number of aliphatic hydroxyl groups is 1. The maximum Gasteiger partial charge on any atom is 0.0869 e. The molecule has 0 aromatic rings. The molecule has 0 aromatic carbocycles. The van der Waals surface area contributed by atoms with Crippen molar-refractivity contribution in [3.8, 4) is 0 Å². The van der Waals surface area contributed by atoms with E-state index < -0.39 is 5.60 Å². The van der Waals surface area contributed by atoms with Gasteiger partial charge in [0.1, 0.15) is 0 Å². The van der Waals surface area contributed by atoms with E-state index in [2.05, 4.69) is 26.1 Å². The normalized spacial score (nSPS) is 28.3. The van der Waals surface area contributed by atoms with Crippen molar-refractivity contribution >= 4 is 11.8 Å². The Kier molecular flexibility index (Phi) is 4.29. The predicted octanol–water partition coefficient (Wildman–Crippen LogP) is 1.88. The molecule has 0 saturated carbocycles. The summed E-state index contributed by atoms with van der Waals surface area (Å²) in [5.74, 6) is 2.01. The number of thioether (sulfide) groups is 1. The zero-order chi connectivity index (χ0) is 10.7. The van der Waals surface area contributed by atoms with Crippen molar-refractivity contribution in [2.75, 3.05) is 24.6 Å². The second kappa shape index (κ2) is 4.86. The van der Waals surface area contributed by atoms with Crippen LogP contribution >= 0.6 is 11.8 Å². The zero-order valence-electron chi connectivity index (χ0n) is 9.60. The summed E-state index contributed by atoms with van der Waals surface area (Å²) in [4.78, 5) is 0. The van der Waals surface area contributed by atoms with Crippen molar-refractivity contribution in [2.45, 2.75) is 39.2 Å². The minimum Gasteiger partial charge on any atom is -0.388 e. The van der Waals surface area contributed by atoms with Gasteiger partial charge in [-0.25, -0.2) is 0 Å². The Morgan fingerprint density at radius 3 is 2.64 bits per heavy atom. The van der Waals surface area contributed by atoms with Crippen LogP contribution in [0.4, 0.5) is 0 Å². The van der Waals surface area contributed by atoms with Gasteiger partial charge in [0.05, 0.1) is 5.60 Å². The van der Waals surface area contributed by atoms with Crippen LogP contribution in [-0.2, 0) is 0 Å². The molecule has 0 amide bonds. The second-order valence-electron chi connectivity index (χ2n) is 5.51. The van der Waals surface area contributed by atoms with Crippen molar-refractivity contribution in [3.05, 3.63) is 0 Å². The molecule has 2 nitrogen and oxygen atoms in total. The lowest BCUT2D eigenvalue weighted by molar-refractivity contribution is 0.0671. The van der Waals surface area contributed by atoms with E-state index in [0.29, 0.717) is 5.41 Å². The first-order chi connectivity index (χ1) is 6.41. The average Bonchev–Trinajstić information content (AvgIpc) is 2.45. The van der Waals surface area contributed by atoms with Gasteiger partial charge in [0, 0.05) is 12.3 Å². The van der Waals surface area contributed by atoms with E-state index in [0.717, 1.165) is 37.4 Å². The van der Waals surface area contributed by atoms with Gasteiger partial charge in [-0.3, -0.25) is 0 Å². The third kappa shape index (κ3) is 4.67. The fourth-order valence-electron chi connectivity index (χ4n) is 1.52. The van der Waals surface area contributed by atoms with E-state index in [1.54, 1.807) is 0 Å². The van der Waals surface area contributed by atoms with Crippen LogP contribution in [0, 0.1) is 5.41 Å². The monoisotopic (exact) mass is 217 g/mol. The maximum absolute atomic E-state index is 10.0. The Morgan fingerprint density at radius 2 is 2.14 bits per heavy atom. The van der Waals surface area contributed by atoms with Crippen LogP contribution < -0.4 is 5.32 Å². The summed E-state index contributed by atoms with van der Waals surface area (Å²) in [5, 5.41) is 13.4. The van der Waals surface area contributed by atoms with E-state index in [4.69, 9.17) is 0 Å². The topological polar surface area (TPSA) is 32.3 Å². The molecule has 0 spiro atoms. The van der Waals surface area contributed by atoms with E-state index in [1.165, 1.54) is 0 Å². The molecular formula is C11H23NOS. The first-order valence-corrected chi connectivity index (χ1v) is 6.58. The van der Waals surface area contributed by atoms with Crippen LogP contribution in [0.1, 0.15) is 33.6 Å². The van der Waals surface area contributed by atoms with Gasteiger partial charge in [0.15, 0.2) is 0 Å². The average molecular weight is 217 g/mol. The highest BCUT2D eigenvalue weighted by atomic mass is 32.2. The Bertz CT molecular complexity index is 171. The summed E-state index contributed by atoms with van der Waals surface area (Å²) in [5.41, 5.74) is -0.0391. The molecule has 1 fully saturated rings. The molecule has 1 rings (SSSR count). The quantitative estimate of drug-likeness (QED) is 0.705. The van der Waals surface area contributed by atoms with Crippen molar-refractivity contribution in [1.82, 2.24) is 5.32 Å². The predicted molar refractivity (Wildman–Crippen MR) is 63.8 cm³/mol. The summed E-state index contributed by atoms with van der Waals surface area (Å²) in [6, 6.07) is 0. The molecule has 0 radical (unpaired) electrons. The first kappa shape index (κ1) is 12.3. The van der Waals surface area contributed by atoms with Gasteiger partial charge in [-0.05, 0) is 30.6 Å². The van der Waals surface area contributed by atoms with Crippen LogP contribution in [0.2, 0.25) is 0 Å². The van der Waals surface area contributed by atoms with Gasteiger partial charge in [-0.15, -0.1) is 0 Å². The van der Waals surface area contributed by atoms with Crippen LogP contribution in [0.15, 0.2) is 0 Å². The van der Waals surface area contributed by atoms with Gasteiger partial charge >= 0.3 is 0 Å². The summed E-state index contributed by atoms with van der Waals surface area (Å²) in [6.45, 7) is 8.50. The summed E-state index contributed by atoms with van der Waals surface area (Å²) >= 11 is 1.85. The molecule has 1 aliphatic rings. The van der Waals surface area contributed by atoms with Crippen LogP contribution in [0.3, 0.4) is 0 Å². The zero-order valence-corrected chi connectivity index (χ0v) is 10.4. The fourth-order valence-corrected chi connectivity index (χ4v) is 2.82. The molecule has 1 atom stereocenters. The molecule has 14 heavy (non-hydrogen) atoms. The molecule has 1 aliphatic heterocycles. The standard InChI is InChI=1S/C11H23NOS/c1-10(2,3)4-6-12-8-11(13)5-7-14-9-11/h12-13H,4-9H2,1-3H3/t11-/m1/s1. The van der Waals surface area contributed by atoms with Crippen LogP contribution in [0.25, 0.3) is 0 Å². The molecule has 0 unspecified atom stereocenters. The number of hydrogen-bond acceptors (Lipinski definition) is 3. The largest absolute Gasteiger partial charge is 0.388 e. The lowest BCUT2D eigenvalue weighted by Crippen LogP contribution is -2.41. The summed E-state index contributed by atoms with van der Waals surface area (Å²) in [6.07, 6.45) is 2.11. The van der Waals surface area contributed by atoms with Gasteiger partial charge in [-0.1, -0.05) is 20.8 Å². The molecule has 1 heterocycles. The van der Waals surface area contributed by atoms with Crippen LogP contribution in [0.5, 0.6) is 0 Å². The molecule has 2 N–H and O–H groups in total. The molecular weight excluding hydrogens is 194 g/mol. The second-order valence-corrected chi connectivity index (χ2v) is 6.62. The lowest BCUT2D eigenvalue weighted by atomic mass is 9.92. The van der Waals surface area contributed by atoms with Gasteiger partial charge in [0.2, 0.25) is 0 Å². The van der Waals surface area contributed by atoms with Gasteiger partial charge < -0.3 is 10.4 Å². The highest BCUT2D eigenvalue weighted by molar-refractivity contribution is 7.99. The molecule has 0 bridgehead atoms. The van der Waals surface area contributed by atoms with Crippen molar-refractivity contribution in [3.63, 3.8) is 0 Å². The highest BCUT2D eigenvalue weighted by Gasteiger charge is 2.30. The summed E-state index contributed by atoms with van der Waals surface area (Å²) < 4.78 is 0. The first-order valence-electron chi connectivity index (χ1n) is 5.42. The fraction of sp³-hybridized carbons (Fsp3) is 1.00. The minimum atomic E-state index is -0.428. The Hall–Kier alpha value is 0.270. The number of rotatable bonds is 4. The lowest BCUT2D eigenvalue weighted by Gasteiger charge is -2.23. The van der Waals surface area contributed by atoms with Gasteiger partial charge in [0.25, 0.3) is 0 Å². The van der Waals surface area contributed by atoms with Crippen molar-refractivity contribution in [2.24, 2.45) is 5.41 Å². The van der Waals surface area contributed by atoms with E-state index in [1.807, 2.05) is 11.8 Å². The minimum absolute atomic E-state index is 0.389. The third-order valence-corrected chi connectivity index (χ3v) is 3.82. The molecule has 84 valence electrons. The van der Waals surface area contributed by atoms with Crippen molar-refractivity contribution < 1.29 is 5.11 Å². The van der Waals surface area contributed by atoms with Crippen LogP contribution in [-0.4, -0.2) is 35.3 Å². The van der Waals surface area contributed by atoms with E-state index >= 15 is 0 Å². The highest BCUT2D eigenvalue weighted by Crippen LogP contribution is 2.27. The van der Waals surface area contributed by atoms with E-state index in [-0.39, 0.29) is 0 Å². The number of nitrogens with one attached hydrogen (secondary N) is 1. The Labute approximate surface area is 91.9 Å². The molecule has 0 aliphatic carbocycles. The third-order valence-electron chi connectivity index (χ3n) is 2.59. The Morgan fingerprint density at radius 1 is 1.43 bits per heavy atom. The SMILES string of the molecule is CC(C)(C)CCNC[C@]1(O)CCSC1. The maximum atomic E-state index is 10.0. The molecule has 3 heteroatoms. The Balaban J connectivity index is 2.09. The smallest absolute Gasteiger partial charge is 0.0869 e. The van der Waals surface area contributed by atoms with E-state index in [9.17, 15) is 5.11 Å². The molecule has 1 saturated heterocycles. The molecule has 0 aromatic heterocycles. The summed E-state index contributed by atoms with van der Waals surface area (Å²) in [7, 11) is 0. The number of hydrogen-bond donors (Lipinski definition) is 2.